The predicted octanol–water partition coefficient (Wildman–Crippen LogP) is 4.14. The van der Waals surface area contributed by atoms with Gasteiger partial charge in [-0.25, -0.2) is 0 Å². The van der Waals surface area contributed by atoms with Gasteiger partial charge in [-0.1, -0.05) is 54.6 Å². The highest BCUT2D eigenvalue weighted by Crippen LogP contribution is 2.24. The summed E-state index contributed by atoms with van der Waals surface area (Å²) in [6.07, 6.45) is 0. The van der Waals surface area contributed by atoms with E-state index in [1.54, 1.807) is 4.57 Å². The van der Waals surface area contributed by atoms with Crippen molar-refractivity contribution in [1.82, 2.24) is 4.57 Å². The second kappa shape index (κ2) is 4.60. The summed E-state index contributed by atoms with van der Waals surface area (Å²) in [6.45, 7) is 0. The minimum absolute atomic E-state index is 0.0236. The molecule has 2 heteroatoms. The third-order valence-corrected chi connectivity index (χ3v) is 3.81. The van der Waals surface area contributed by atoms with Crippen LogP contribution >= 0.6 is 0 Å². The van der Waals surface area contributed by atoms with E-state index in [2.05, 4.69) is 6.07 Å². The molecule has 0 atom stereocenters. The maximum absolute atomic E-state index is 12.9. The molecule has 0 fully saturated rings. The lowest BCUT2D eigenvalue weighted by atomic mass is 10.1. The normalized spacial score (nSPS) is 11.0. The van der Waals surface area contributed by atoms with Crippen LogP contribution in [0.4, 0.5) is 0 Å². The first-order valence-electron chi connectivity index (χ1n) is 6.94. The van der Waals surface area contributed by atoms with E-state index < -0.39 is 0 Å². The monoisotopic (exact) mass is 271 g/mol. The van der Waals surface area contributed by atoms with Crippen molar-refractivity contribution in [3.63, 3.8) is 0 Å². The van der Waals surface area contributed by atoms with Gasteiger partial charge in [0.25, 0.3) is 5.56 Å². The van der Waals surface area contributed by atoms with Crippen LogP contribution < -0.4 is 5.56 Å². The number of hydrogen-bond acceptors (Lipinski definition) is 1. The summed E-state index contributed by atoms with van der Waals surface area (Å²) in [7, 11) is 0. The lowest BCUT2D eigenvalue weighted by molar-refractivity contribution is 1.06. The number of para-hydroxylation sites is 2. The van der Waals surface area contributed by atoms with Gasteiger partial charge in [0.05, 0.1) is 5.52 Å². The third kappa shape index (κ3) is 1.77. The van der Waals surface area contributed by atoms with Crippen molar-refractivity contribution in [3.05, 3.63) is 89.2 Å². The average molecular weight is 271 g/mol. The van der Waals surface area contributed by atoms with Crippen LogP contribution in [-0.2, 0) is 0 Å². The molecule has 0 bridgehead atoms. The second-order valence-electron chi connectivity index (χ2n) is 5.04. The number of nitrogens with zero attached hydrogens (tertiary/aromatic N) is 1. The molecule has 3 aromatic carbocycles. The fraction of sp³-hybridized carbons (Fsp3) is 0. The van der Waals surface area contributed by atoms with Crippen LogP contribution in [0, 0.1) is 0 Å². The van der Waals surface area contributed by atoms with E-state index in [0.717, 1.165) is 27.4 Å². The molecule has 4 aromatic rings. The molecular weight excluding hydrogens is 258 g/mol. The van der Waals surface area contributed by atoms with Gasteiger partial charge in [-0.3, -0.25) is 9.36 Å². The number of benzene rings is 3. The van der Waals surface area contributed by atoms with Gasteiger partial charge in [0.2, 0.25) is 0 Å². The zero-order valence-corrected chi connectivity index (χ0v) is 11.4. The molecule has 1 aromatic heterocycles. The summed E-state index contributed by atoms with van der Waals surface area (Å²) >= 11 is 0. The van der Waals surface area contributed by atoms with Crippen molar-refractivity contribution in [3.8, 4) is 5.69 Å². The highest BCUT2D eigenvalue weighted by atomic mass is 16.1. The van der Waals surface area contributed by atoms with Crippen LogP contribution in [0.25, 0.3) is 27.4 Å². The average Bonchev–Trinajstić information content (AvgIpc) is 2.56. The quantitative estimate of drug-likeness (QED) is 0.477. The van der Waals surface area contributed by atoms with Crippen molar-refractivity contribution >= 4 is 21.7 Å². The Morgan fingerprint density at radius 1 is 0.571 bits per heavy atom. The molecule has 0 unspecified atom stereocenters. The number of hydrogen-bond donors (Lipinski definition) is 0. The van der Waals surface area contributed by atoms with E-state index in [-0.39, 0.29) is 5.56 Å². The Morgan fingerprint density at radius 3 is 1.90 bits per heavy atom. The molecule has 4 rings (SSSR count). The first kappa shape index (κ1) is 11.9. The van der Waals surface area contributed by atoms with E-state index in [1.807, 2.05) is 72.8 Å². The highest BCUT2D eigenvalue weighted by Gasteiger charge is 2.10. The van der Waals surface area contributed by atoms with Crippen molar-refractivity contribution in [2.45, 2.75) is 0 Å². The van der Waals surface area contributed by atoms with E-state index >= 15 is 0 Å². The summed E-state index contributed by atoms with van der Waals surface area (Å²) < 4.78 is 1.79. The zero-order valence-electron chi connectivity index (χ0n) is 11.4. The van der Waals surface area contributed by atoms with Gasteiger partial charge in [-0.2, -0.15) is 0 Å². The molecule has 0 saturated carbocycles. The van der Waals surface area contributed by atoms with Gasteiger partial charge in [0, 0.05) is 16.5 Å². The lowest BCUT2D eigenvalue weighted by Crippen LogP contribution is -2.19. The number of pyridine rings is 1. The molecule has 21 heavy (non-hydrogen) atoms. The SMILES string of the molecule is O=c1c2ccccc2c2ccccc2n1-c1ccccc1. The molecule has 1 heterocycles. The molecule has 0 aliphatic rings. The van der Waals surface area contributed by atoms with Crippen LogP contribution in [0.15, 0.2) is 83.7 Å². The zero-order chi connectivity index (χ0) is 14.2. The van der Waals surface area contributed by atoms with Gasteiger partial charge >= 0.3 is 0 Å². The van der Waals surface area contributed by atoms with Crippen LogP contribution in [0.1, 0.15) is 0 Å². The number of aromatic nitrogens is 1. The Balaban J connectivity index is 2.29. The topological polar surface area (TPSA) is 22.0 Å². The Kier molecular flexibility index (Phi) is 2.61. The Morgan fingerprint density at radius 2 is 1.14 bits per heavy atom. The van der Waals surface area contributed by atoms with Gasteiger partial charge in [-0.05, 0) is 29.7 Å². The maximum Gasteiger partial charge on any atom is 0.263 e. The minimum Gasteiger partial charge on any atom is -0.276 e. The molecule has 100 valence electrons. The summed E-state index contributed by atoms with van der Waals surface area (Å²) in [4.78, 5) is 12.9. The van der Waals surface area contributed by atoms with E-state index in [1.165, 1.54) is 0 Å². The second-order valence-corrected chi connectivity index (χ2v) is 5.04. The number of fused-ring (bicyclic) bond motifs is 3. The van der Waals surface area contributed by atoms with Crippen molar-refractivity contribution in [2.75, 3.05) is 0 Å². The lowest BCUT2D eigenvalue weighted by Gasteiger charge is -2.13. The standard InChI is InChI=1S/C19H13NO/c21-19-17-12-5-4-10-15(17)16-11-6-7-13-18(16)20(19)14-8-2-1-3-9-14/h1-13H. The molecule has 2 nitrogen and oxygen atoms in total. The molecule has 0 amide bonds. The first-order chi connectivity index (χ1) is 10.4. The smallest absolute Gasteiger partial charge is 0.263 e. The minimum atomic E-state index is 0.0236. The van der Waals surface area contributed by atoms with E-state index in [4.69, 9.17) is 0 Å². The van der Waals surface area contributed by atoms with Crippen molar-refractivity contribution in [2.24, 2.45) is 0 Å². The molecular formula is C19H13NO. The molecule has 0 aliphatic heterocycles. The summed E-state index contributed by atoms with van der Waals surface area (Å²) in [5.41, 5.74) is 1.85. The van der Waals surface area contributed by atoms with Crippen LogP contribution in [-0.4, -0.2) is 4.57 Å². The molecule has 0 saturated heterocycles. The van der Waals surface area contributed by atoms with Gasteiger partial charge in [0.1, 0.15) is 0 Å². The molecule has 0 aliphatic carbocycles. The van der Waals surface area contributed by atoms with Gasteiger partial charge in [0.15, 0.2) is 0 Å². The van der Waals surface area contributed by atoms with Crippen LogP contribution in [0.3, 0.4) is 0 Å². The predicted molar refractivity (Wildman–Crippen MR) is 87.1 cm³/mol. The molecule has 0 N–H and O–H groups in total. The fourth-order valence-corrected chi connectivity index (χ4v) is 2.86. The van der Waals surface area contributed by atoms with Crippen LogP contribution in [0.2, 0.25) is 0 Å². The molecule has 0 spiro atoms. The Hall–Kier alpha value is -2.87. The summed E-state index contributed by atoms with van der Waals surface area (Å²) in [5.74, 6) is 0. The largest absolute Gasteiger partial charge is 0.276 e. The van der Waals surface area contributed by atoms with Crippen molar-refractivity contribution in [1.29, 1.82) is 0 Å². The Bertz CT molecular complexity index is 1000. The maximum atomic E-state index is 12.9. The highest BCUT2D eigenvalue weighted by molar-refractivity contribution is 6.06. The van der Waals surface area contributed by atoms with Crippen molar-refractivity contribution < 1.29 is 0 Å². The molecule has 0 radical (unpaired) electrons. The van der Waals surface area contributed by atoms with Gasteiger partial charge in [-0.15, -0.1) is 0 Å². The van der Waals surface area contributed by atoms with E-state index in [0.29, 0.717) is 0 Å². The number of rotatable bonds is 1. The van der Waals surface area contributed by atoms with E-state index in [9.17, 15) is 4.79 Å². The Labute approximate surface area is 121 Å². The summed E-state index contributed by atoms with van der Waals surface area (Å²) in [5, 5.41) is 2.85. The fourth-order valence-electron chi connectivity index (χ4n) is 2.86. The first-order valence-corrected chi connectivity index (χ1v) is 6.94. The summed E-state index contributed by atoms with van der Waals surface area (Å²) in [6, 6.07) is 25.6. The van der Waals surface area contributed by atoms with Gasteiger partial charge < -0.3 is 0 Å². The third-order valence-electron chi connectivity index (χ3n) is 3.81. The van der Waals surface area contributed by atoms with Crippen LogP contribution in [0.5, 0.6) is 0 Å².